The van der Waals surface area contributed by atoms with Crippen LogP contribution in [0, 0.1) is 0 Å². The molecule has 0 aromatic rings. The van der Waals surface area contributed by atoms with Crippen LogP contribution >= 0.6 is 0 Å². The zero-order chi connectivity index (χ0) is 8.93. The molecule has 0 aromatic carbocycles. The molecule has 2 aliphatic heterocycles. The third kappa shape index (κ3) is 2.64. The van der Waals surface area contributed by atoms with Crippen LogP contribution in [0.2, 0.25) is 0 Å². The second kappa shape index (κ2) is 4.91. The molecule has 0 radical (unpaired) electrons. The van der Waals surface area contributed by atoms with E-state index in [2.05, 4.69) is 0 Å². The molecule has 4 heteroatoms. The van der Waals surface area contributed by atoms with E-state index in [1.54, 1.807) is 0 Å². The molecule has 2 heterocycles. The van der Waals surface area contributed by atoms with Crippen molar-refractivity contribution in [3.8, 4) is 0 Å². The van der Waals surface area contributed by atoms with Crippen molar-refractivity contribution in [1.82, 2.24) is 0 Å². The van der Waals surface area contributed by atoms with Crippen LogP contribution < -0.4 is 0 Å². The third-order valence-electron chi connectivity index (χ3n) is 2.32. The molecule has 0 amide bonds. The van der Waals surface area contributed by atoms with Gasteiger partial charge in [-0.25, -0.2) is 0 Å². The molecule has 1 unspecified atom stereocenters. The van der Waals surface area contributed by atoms with Gasteiger partial charge in [-0.05, 0) is 12.8 Å². The highest BCUT2D eigenvalue weighted by Crippen LogP contribution is 2.17. The van der Waals surface area contributed by atoms with Gasteiger partial charge in [-0.1, -0.05) is 0 Å². The van der Waals surface area contributed by atoms with Crippen LogP contribution in [-0.2, 0) is 18.9 Å². The van der Waals surface area contributed by atoms with Gasteiger partial charge in [-0.2, -0.15) is 0 Å². The van der Waals surface area contributed by atoms with E-state index in [9.17, 15) is 0 Å². The normalized spacial score (nSPS) is 32.8. The summed E-state index contributed by atoms with van der Waals surface area (Å²) in [5, 5.41) is 0. The lowest BCUT2D eigenvalue weighted by molar-refractivity contribution is -0.243. The molecule has 2 rings (SSSR count). The van der Waals surface area contributed by atoms with Crippen LogP contribution in [0.25, 0.3) is 0 Å². The van der Waals surface area contributed by atoms with Crippen LogP contribution in [0.5, 0.6) is 0 Å². The average Bonchev–Trinajstić information content (AvgIpc) is 2.47. The van der Waals surface area contributed by atoms with E-state index in [1.807, 2.05) is 0 Å². The fraction of sp³-hybridized carbons (Fsp3) is 1.00. The molecular formula is C9H16O4. The predicted octanol–water partition coefficient (Wildman–Crippen LogP) is 0.903. The minimum absolute atomic E-state index is 0.0619. The van der Waals surface area contributed by atoms with Gasteiger partial charge in [0, 0.05) is 19.6 Å². The summed E-state index contributed by atoms with van der Waals surface area (Å²) in [4.78, 5) is 0. The Morgan fingerprint density at radius 2 is 1.62 bits per heavy atom. The van der Waals surface area contributed by atoms with Gasteiger partial charge in [0.2, 0.25) is 0 Å². The van der Waals surface area contributed by atoms with Crippen LogP contribution in [0.3, 0.4) is 0 Å². The first-order chi connectivity index (χ1) is 6.47. The molecule has 13 heavy (non-hydrogen) atoms. The molecule has 0 spiro atoms. The highest BCUT2D eigenvalue weighted by Gasteiger charge is 2.27. The Morgan fingerprint density at radius 1 is 0.846 bits per heavy atom. The Hall–Kier alpha value is -0.160. The topological polar surface area (TPSA) is 36.9 Å². The van der Waals surface area contributed by atoms with Crippen molar-refractivity contribution in [3.05, 3.63) is 0 Å². The van der Waals surface area contributed by atoms with Crippen molar-refractivity contribution in [1.29, 1.82) is 0 Å². The van der Waals surface area contributed by atoms with Crippen LogP contribution in [0.15, 0.2) is 0 Å². The number of hydrogen-bond acceptors (Lipinski definition) is 4. The summed E-state index contributed by atoms with van der Waals surface area (Å²) in [6, 6.07) is 0. The minimum atomic E-state index is -0.175. The Kier molecular flexibility index (Phi) is 3.55. The largest absolute Gasteiger partial charge is 0.355 e. The van der Waals surface area contributed by atoms with Crippen LogP contribution in [0.1, 0.15) is 19.3 Å². The predicted molar refractivity (Wildman–Crippen MR) is 45.2 cm³/mol. The molecule has 0 saturated carbocycles. The highest BCUT2D eigenvalue weighted by molar-refractivity contribution is 4.66. The Bertz CT molecular complexity index is 137. The first-order valence-corrected chi connectivity index (χ1v) is 4.89. The lowest BCUT2D eigenvalue weighted by Gasteiger charge is -2.28. The van der Waals surface area contributed by atoms with Gasteiger partial charge >= 0.3 is 0 Å². The zero-order valence-electron chi connectivity index (χ0n) is 7.74. The molecule has 2 aliphatic rings. The zero-order valence-corrected chi connectivity index (χ0v) is 7.74. The first-order valence-electron chi connectivity index (χ1n) is 4.89. The molecule has 4 nitrogen and oxygen atoms in total. The van der Waals surface area contributed by atoms with Crippen molar-refractivity contribution < 1.29 is 18.9 Å². The number of rotatable bonds is 1. The van der Waals surface area contributed by atoms with Gasteiger partial charge in [0.1, 0.15) is 12.9 Å². The lowest BCUT2D eigenvalue weighted by atomic mass is 10.2. The van der Waals surface area contributed by atoms with Gasteiger partial charge in [0.25, 0.3) is 0 Å². The molecular weight excluding hydrogens is 172 g/mol. The van der Waals surface area contributed by atoms with E-state index in [4.69, 9.17) is 18.9 Å². The van der Waals surface area contributed by atoms with Crippen molar-refractivity contribution in [2.24, 2.45) is 0 Å². The maximum Gasteiger partial charge on any atom is 0.183 e. The van der Waals surface area contributed by atoms with Crippen molar-refractivity contribution in [2.75, 3.05) is 26.6 Å². The summed E-state index contributed by atoms with van der Waals surface area (Å²) in [5.41, 5.74) is 0. The number of ether oxygens (including phenoxy) is 4. The summed E-state index contributed by atoms with van der Waals surface area (Å²) in [7, 11) is 0. The summed E-state index contributed by atoms with van der Waals surface area (Å²) >= 11 is 0. The average molecular weight is 188 g/mol. The van der Waals surface area contributed by atoms with Gasteiger partial charge in [0.15, 0.2) is 6.29 Å². The summed E-state index contributed by atoms with van der Waals surface area (Å²) in [6.07, 6.45) is 2.92. The smallest absolute Gasteiger partial charge is 0.183 e. The van der Waals surface area contributed by atoms with Gasteiger partial charge in [-0.3, -0.25) is 0 Å². The molecule has 0 aromatic heterocycles. The lowest BCUT2D eigenvalue weighted by Crippen LogP contribution is -2.38. The summed E-state index contributed by atoms with van der Waals surface area (Å²) < 4.78 is 21.6. The first kappa shape index (κ1) is 9.40. The molecule has 0 N–H and O–H groups in total. The second-order valence-corrected chi connectivity index (χ2v) is 3.34. The quantitative estimate of drug-likeness (QED) is 0.612. The summed E-state index contributed by atoms with van der Waals surface area (Å²) in [5.74, 6) is 0. The fourth-order valence-electron chi connectivity index (χ4n) is 1.56. The Balaban J connectivity index is 1.82. The molecule has 2 saturated heterocycles. The molecule has 76 valence electrons. The van der Waals surface area contributed by atoms with Crippen molar-refractivity contribution in [3.63, 3.8) is 0 Å². The standard InChI is InChI=1S/C9H16O4/c1-2-5-12-9(11-4-1)8-3-6-10-7-13-8/h8-9H,1-7H2. The van der Waals surface area contributed by atoms with Gasteiger partial charge in [-0.15, -0.1) is 0 Å². The van der Waals surface area contributed by atoms with E-state index in [0.29, 0.717) is 6.79 Å². The van der Waals surface area contributed by atoms with E-state index in [-0.39, 0.29) is 12.4 Å². The van der Waals surface area contributed by atoms with E-state index in [1.165, 1.54) is 0 Å². The second-order valence-electron chi connectivity index (χ2n) is 3.34. The fourth-order valence-corrected chi connectivity index (χ4v) is 1.56. The Labute approximate surface area is 78.1 Å². The highest BCUT2D eigenvalue weighted by atomic mass is 16.7. The molecule has 0 bridgehead atoms. The molecule has 0 aliphatic carbocycles. The maximum absolute atomic E-state index is 5.54. The van der Waals surface area contributed by atoms with E-state index >= 15 is 0 Å². The number of hydrogen-bond donors (Lipinski definition) is 0. The van der Waals surface area contributed by atoms with E-state index in [0.717, 1.165) is 39.1 Å². The Morgan fingerprint density at radius 3 is 2.23 bits per heavy atom. The van der Waals surface area contributed by atoms with Gasteiger partial charge < -0.3 is 18.9 Å². The third-order valence-corrected chi connectivity index (χ3v) is 2.32. The van der Waals surface area contributed by atoms with Crippen molar-refractivity contribution >= 4 is 0 Å². The SMILES string of the molecule is C1CCOC(C2CCOCO2)OC1. The molecule has 2 fully saturated rings. The maximum atomic E-state index is 5.54. The molecule has 1 atom stereocenters. The van der Waals surface area contributed by atoms with E-state index < -0.39 is 0 Å². The summed E-state index contributed by atoms with van der Waals surface area (Å²) in [6.45, 7) is 2.68. The van der Waals surface area contributed by atoms with Crippen LogP contribution in [0.4, 0.5) is 0 Å². The van der Waals surface area contributed by atoms with Gasteiger partial charge in [0.05, 0.1) is 6.61 Å². The minimum Gasteiger partial charge on any atom is -0.355 e. The monoisotopic (exact) mass is 188 g/mol. The van der Waals surface area contributed by atoms with Crippen LogP contribution in [-0.4, -0.2) is 39.0 Å². The van der Waals surface area contributed by atoms with Crippen molar-refractivity contribution in [2.45, 2.75) is 31.7 Å².